The molecule has 0 aliphatic heterocycles. The number of fused-ring (bicyclic) bond motifs is 1. The number of phenolic OH excluding ortho intramolecular Hbond substituents is 5. The van der Waals surface area contributed by atoms with Crippen molar-refractivity contribution in [3.8, 4) is 45.8 Å². The van der Waals surface area contributed by atoms with E-state index in [1.165, 1.54) is 36.9 Å². The van der Waals surface area contributed by atoms with E-state index < -0.39 is 5.43 Å². The van der Waals surface area contributed by atoms with Crippen molar-refractivity contribution < 1.29 is 34.7 Å². The number of aromatic hydroxyl groups is 5. The van der Waals surface area contributed by atoms with Crippen LogP contribution in [0.2, 0.25) is 0 Å². The fraction of sp³-hybridized carbons (Fsp3) is 0.242. The van der Waals surface area contributed by atoms with Gasteiger partial charge >= 0.3 is 0 Å². The Bertz CT molecular complexity index is 1670. The zero-order valence-electron chi connectivity index (χ0n) is 24.1. The first-order chi connectivity index (χ1) is 19.3. The molecule has 8 nitrogen and oxygen atoms in total. The number of methoxy groups -OCH3 is 1. The van der Waals surface area contributed by atoms with Gasteiger partial charge in [-0.05, 0) is 83.4 Å². The second-order valence-corrected chi connectivity index (χ2v) is 10.1. The second-order valence-electron chi connectivity index (χ2n) is 10.1. The highest BCUT2D eigenvalue weighted by Crippen LogP contribution is 2.37. The van der Waals surface area contributed by atoms with Gasteiger partial charge in [0.05, 0.1) is 7.11 Å². The van der Waals surface area contributed by atoms with E-state index in [1.807, 2.05) is 33.8 Å². The molecule has 0 fully saturated rings. The second kappa shape index (κ2) is 13.0. The topological polar surface area (TPSA) is 141 Å². The highest BCUT2D eigenvalue weighted by Gasteiger charge is 2.18. The summed E-state index contributed by atoms with van der Waals surface area (Å²) >= 11 is 0. The summed E-state index contributed by atoms with van der Waals surface area (Å²) in [5.74, 6) is 0.276. The minimum absolute atomic E-state index is 0.0117. The molecule has 1 aromatic heterocycles. The molecule has 0 saturated carbocycles. The Morgan fingerprint density at radius 1 is 0.854 bits per heavy atom. The first-order valence-corrected chi connectivity index (χ1v) is 13.0. The molecule has 5 N–H and O–H groups in total. The molecule has 0 aliphatic carbocycles. The van der Waals surface area contributed by atoms with Crippen molar-refractivity contribution in [1.29, 1.82) is 0 Å². The van der Waals surface area contributed by atoms with Crippen LogP contribution >= 0.6 is 0 Å². The molecule has 41 heavy (non-hydrogen) atoms. The third-order valence-corrected chi connectivity index (χ3v) is 6.52. The highest BCUT2D eigenvalue weighted by molar-refractivity contribution is 5.88. The summed E-state index contributed by atoms with van der Waals surface area (Å²) in [6, 6.07) is 10.4. The zero-order chi connectivity index (χ0) is 30.4. The molecule has 8 heteroatoms. The molecule has 0 aliphatic rings. The Hall–Kier alpha value is -4.85. The van der Waals surface area contributed by atoms with E-state index in [0.29, 0.717) is 11.1 Å². The lowest BCUT2D eigenvalue weighted by molar-refractivity contribution is 0.373. The van der Waals surface area contributed by atoms with Crippen molar-refractivity contribution in [2.75, 3.05) is 7.11 Å². The van der Waals surface area contributed by atoms with E-state index >= 15 is 0 Å². The summed E-state index contributed by atoms with van der Waals surface area (Å²) in [6.07, 6.45) is 5.07. The number of hydrogen-bond donors (Lipinski definition) is 5. The molecule has 3 aromatic carbocycles. The van der Waals surface area contributed by atoms with Crippen molar-refractivity contribution in [1.82, 2.24) is 0 Å². The predicted molar refractivity (Wildman–Crippen MR) is 160 cm³/mol. The van der Waals surface area contributed by atoms with Gasteiger partial charge in [0.15, 0.2) is 16.9 Å². The maximum absolute atomic E-state index is 12.8. The summed E-state index contributed by atoms with van der Waals surface area (Å²) in [5.41, 5.74) is 4.11. The number of allylic oxidation sites excluding steroid dienone is 4. The molecule has 216 valence electrons. The van der Waals surface area contributed by atoms with E-state index in [1.54, 1.807) is 25.1 Å². The average Bonchev–Trinajstić information content (AvgIpc) is 2.90. The van der Waals surface area contributed by atoms with Gasteiger partial charge in [-0.2, -0.15) is 0 Å². The Morgan fingerprint density at radius 2 is 1.51 bits per heavy atom. The van der Waals surface area contributed by atoms with E-state index in [-0.39, 0.29) is 63.2 Å². The molecule has 0 atom stereocenters. The summed E-state index contributed by atoms with van der Waals surface area (Å²) in [5, 5.41) is 49.2. The third-order valence-electron chi connectivity index (χ3n) is 6.52. The van der Waals surface area contributed by atoms with Gasteiger partial charge in [-0.3, -0.25) is 4.79 Å². The standard InChI is InChI=1S/C25H26O6.C8H10O2/c1-14(2)5-6-15(3)7-9-17-19(27)12-23-24(25(17)29)20(28)13-21(31-23)16-8-10-18(26)22(11-16)30-4;1-5-3-7(9)6(2)8(10)4-5/h5,7-8,10-13,26-27,29H,6,9H2,1-4H3;3-4,9-10H,1-2H3/b15-7-;. The summed E-state index contributed by atoms with van der Waals surface area (Å²) < 4.78 is 10.9. The SMILES string of the molecule is COc1cc(-c2cc(=O)c3c(O)c(C/C=C(/C)CC=C(C)C)c(O)cc3o2)ccc1O.Cc1cc(O)c(C)c(O)c1. The number of ether oxygens (including phenoxy) is 1. The molecular formula is C33H36O8. The lowest BCUT2D eigenvalue weighted by Gasteiger charge is -2.11. The van der Waals surface area contributed by atoms with Crippen molar-refractivity contribution >= 4 is 11.0 Å². The molecule has 0 bridgehead atoms. The van der Waals surface area contributed by atoms with Crippen LogP contribution < -0.4 is 10.2 Å². The van der Waals surface area contributed by atoms with E-state index in [4.69, 9.17) is 19.4 Å². The molecule has 0 spiro atoms. The molecule has 4 rings (SSSR count). The van der Waals surface area contributed by atoms with Gasteiger partial charge in [0.2, 0.25) is 0 Å². The first kappa shape index (κ1) is 30.7. The molecule has 1 heterocycles. The van der Waals surface area contributed by atoms with Crippen LogP contribution in [0.3, 0.4) is 0 Å². The monoisotopic (exact) mass is 560 g/mol. The molecule has 0 unspecified atom stereocenters. The van der Waals surface area contributed by atoms with Crippen molar-refractivity contribution in [3.63, 3.8) is 0 Å². The zero-order valence-corrected chi connectivity index (χ0v) is 24.1. The van der Waals surface area contributed by atoms with Gasteiger partial charge in [-0.25, -0.2) is 0 Å². The van der Waals surface area contributed by atoms with Gasteiger partial charge < -0.3 is 34.7 Å². The average molecular weight is 561 g/mol. The molecule has 0 radical (unpaired) electrons. The quantitative estimate of drug-likeness (QED) is 0.157. The van der Waals surface area contributed by atoms with E-state index in [9.17, 15) is 20.1 Å². The fourth-order valence-electron chi connectivity index (χ4n) is 4.05. The van der Waals surface area contributed by atoms with Crippen LogP contribution in [0, 0.1) is 13.8 Å². The van der Waals surface area contributed by atoms with Crippen LogP contribution in [0.1, 0.15) is 43.9 Å². The lowest BCUT2D eigenvalue weighted by atomic mass is 10.0. The largest absolute Gasteiger partial charge is 0.508 e. The van der Waals surface area contributed by atoms with Gasteiger partial charge in [0, 0.05) is 28.8 Å². The Kier molecular flexibility index (Phi) is 9.73. The van der Waals surface area contributed by atoms with Crippen LogP contribution in [0.5, 0.6) is 34.5 Å². The van der Waals surface area contributed by atoms with Crippen LogP contribution in [-0.4, -0.2) is 32.6 Å². The summed E-state index contributed by atoms with van der Waals surface area (Å²) in [6.45, 7) is 9.51. The number of phenols is 5. The van der Waals surface area contributed by atoms with Crippen molar-refractivity contribution in [3.05, 3.63) is 92.7 Å². The lowest BCUT2D eigenvalue weighted by Crippen LogP contribution is -2.02. The van der Waals surface area contributed by atoms with Gasteiger partial charge in [0.25, 0.3) is 0 Å². The minimum atomic E-state index is -0.438. The minimum Gasteiger partial charge on any atom is -0.508 e. The van der Waals surface area contributed by atoms with E-state index in [2.05, 4.69) is 6.08 Å². The predicted octanol–water partition coefficient (Wildman–Crippen LogP) is 7.15. The maximum Gasteiger partial charge on any atom is 0.197 e. The molecule has 4 aromatic rings. The number of benzene rings is 3. The molecular weight excluding hydrogens is 524 g/mol. The first-order valence-electron chi connectivity index (χ1n) is 13.0. The Labute approximate surface area is 238 Å². The third kappa shape index (κ3) is 7.42. The van der Waals surface area contributed by atoms with Gasteiger partial charge in [-0.1, -0.05) is 23.3 Å². The maximum atomic E-state index is 12.8. The molecule has 0 saturated heterocycles. The van der Waals surface area contributed by atoms with Crippen LogP contribution in [-0.2, 0) is 6.42 Å². The van der Waals surface area contributed by atoms with Crippen molar-refractivity contribution in [2.24, 2.45) is 0 Å². The number of hydrogen-bond acceptors (Lipinski definition) is 8. The molecule has 0 amide bonds. The summed E-state index contributed by atoms with van der Waals surface area (Å²) in [4.78, 5) is 12.8. The van der Waals surface area contributed by atoms with Crippen LogP contribution in [0.4, 0.5) is 0 Å². The Morgan fingerprint density at radius 3 is 2.12 bits per heavy atom. The van der Waals surface area contributed by atoms with Gasteiger partial charge in [-0.15, -0.1) is 0 Å². The van der Waals surface area contributed by atoms with Gasteiger partial charge in [0.1, 0.15) is 39.7 Å². The highest BCUT2D eigenvalue weighted by atomic mass is 16.5. The number of rotatable bonds is 6. The smallest absolute Gasteiger partial charge is 0.197 e. The Balaban J connectivity index is 0.000000389. The number of aryl methyl sites for hydroxylation is 1. The van der Waals surface area contributed by atoms with Crippen LogP contribution in [0.15, 0.2) is 75.0 Å². The van der Waals surface area contributed by atoms with Crippen molar-refractivity contribution in [2.45, 2.75) is 47.5 Å². The fourth-order valence-corrected chi connectivity index (χ4v) is 4.05. The normalized spacial score (nSPS) is 11.1. The van der Waals surface area contributed by atoms with E-state index in [0.717, 1.165) is 17.6 Å². The summed E-state index contributed by atoms with van der Waals surface area (Å²) in [7, 11) is 1.42. The van der Waals surface area contributed by atoms with Crippen LogP contribution in [0.25, 0.3) is 22.3 Å².